The number of hydrogen-bond donors (Lipinski definition) is 0. The van der Waals surface area contributed by atoms with Gasteiger partial charge in [0.05, 0.1) is 4.90 Å². The lowest BCUT2D eigenvalue weighted by Crippen LogP contribution is -2.04. The van der Waals surface area contributed by atoms with Gasteiger partial charge in [-0.1, -0.05) is 24.3 Å². The van der Waals surface area contributed by atoms with Crippen molar-refractivity contribution in [3.63, 3.8) is 0 Å². The van der Waals surface area contributed by atoms with Crippen LogP contribution in [0.5, 0.6) is 0 Å². The molecule has 0 aromatic heterocycles. The van der Waals surface area contributed by atoms with Crippen molar-refractivity contribution in [3.05, 3.63) is 35.4 Å². The minimum absolute atomic E-state index is 0.450. The summed E-state index contributed by atoms with van der Waals surface area (Å²) in [5.41, 5.74) is 2.01. The molecule has 0 atom stereocenters. The standard InChI is InChI=1S/C11H12O2S/c1-14(12,13)11-8-4-6-9-5-2-3-7-10(9)11/h3-4,6-8H,2,5H2,1H3. The summed E-state index contributed by atoms with van der Waals surface area (Å²) in [5, 5.41) is 0. The molecule has 1 aromatic rings. The fourth-order valence-electron chi connectivity index (χ4n) is 1.76. The van der Waals surface area contributed by atoms with Crippen LogP contribution in [0.2, 0.25) is 0 Å². The fourth-order valence-corrected chi connectivity index (χ4v) is 2.68. The fraction of sp³-hybridized carbons (Fsp3) is 0.273. The molecule has 0 N–H and O–H groups in total. The van der Waals surface area contributed by atoms with Gasteiger partial charge in [0.15, 0.2) is 9.84 Å². The summed E-state index contributed by atoms with van der Waals surface area (Å²) < 4.78 is 22.9. The van der Waals surface area contributed by atoms with Gasteiger partial charge in [0.1, 0.15) is 0 Å². The Balaban J connectivity index is 2.71. The van der Waals surface area contributed by atoms with Gasteiger partial charge in [0.2, 0.25) is 0 Å². The maximum absolute atomic E-state index is 11.5. The predicted molar refractivity (Wildman–Crippen MR) is 56.9 cm³/mol. The molecule has 1 aliphatic carbocycles. The molecule has 1 aromatic carbocycles. The Morgan fingerprint density at radius 3 is 2.79 bits per heavy atom. The quantitative estimate of drug-likeness (QED) is 0.708. The number of sulfone groups is 1. The van der Waals surface area contributed by atoms with E-state index in [1.165, 1.54) is 6.26 Å². The second-order valence-electron chi connectivity index (χ2n) is 3.54. The van der Waals surface area contributed by atoms with Crippen LogP contribution in [0.4, 0.5) is 0 Å². The number of rotatable bonds is 1. The maximum atomic E-state index is 11.5. The molecule has 0 unspecified atom stereocenters. The average molecular weight is 208 g/mol. The molecule has 0 fully saturated rings. The Labute approximate surface area is 84.2 Å². The van der Waals surface area contributed by atoms with Crippen LogP contribution in [0.3, 0.4) is 0 Å². The second kappa shape index (κ2) is 3.24. The summed E-state index contributed by atoms with van der Waals surface area (Å²) in [7, 11) is -3.10. The zero-order valence-corrected chi connectivity index (χ0v) is 8.84. The molecule has 0 saturated heterocycles. The maximum Gasteiger partial charge on any atom is 0.176 e. The third-order valence-electron chi connectivity index (χ3n) is 2.42. The summed E-state index contributed by atoms with van der Waals surface area (Å²) in [4.78, 5) is 0.450. The van der Waals surface area contributed by atoms with Crippen molar-refractivity contribution < 1.29 is 8.42 Å². The van der Waals surface area contributed by atoms with Crippen LogP contribution in [0.25, 0.3) is 6.08 Å². The van der Waals surface area contributed by atoms with Crippen molar-refractivity contribution in [2.24, 2.45) is 0 Å². The highest BCUT2D eigenvalue weighted by Crippen LogP contribution is 2.25. The topological polar surface area (TPSA) is 34.1 Å². The molecule has 0 heterocycles. The van der Waals surface area contributed by atoms with Gasteiger partial charge in [-0.15, -0.1) is 0 Å². The lowest BCUT2D eigenvalue weighted by atomic mass is 9.98. The molecule has 0 amide bonds. The molecule has 0 bridgehead atoms. The third kappa shape index (κ3) is 1.60. The summed E-state index contributed by atoms with van der Waals surface area (Å²) in [5.74, 6) is 0. The molecule has 74 valence electrons. The molecule has 0 aliphatic heterocycles. The Kier molecular flexibility index (Phi) is 2.19. The Morgan fingerprint density at radius 1 is 1.29 bits per heavy atom. The minimum Gasteiger partial charge on any atom is -0.224 e. The van der Waals surface area contributed by atoms with Crippen LogP contribution in [0, 0.1) is 0 Å². The van der Waals surface area contributed by atoms with Crippen LogP contribution in [-0.4, -0.2) is 14.7 Å². The SMILES string of the molecule is CS(=O)(=O)c1cccc2c1C=CCC2. The predicted octanol–water partition coefficient (Wildman–Crippen LogP) is 2.05. The highest BCUT2D eigenvalue weighted by molar-refractivity contribution is 7.90. The van der Waals surface area contributed by atoms with E-state index < -0.39 is 9.84 Å². The Hall–Kier alpha value is -1.09. The van der Waals surface area contributed by atoms with Gasteiger partial charge >= 0.3 is 0 Å². The lowest BCUT2D eigenvalue weighted by Gasteiger charge is -2.13. The molecule has 0 spiro atoms. The molecule has 0 radical (unpaired) electrons. The van der Waals surface area contributed by atoms with Gasteiger partial charge in [0, 0.05) is 6.26 Å². The van der Waals surface area contributed by atoms with Crippen molar-refractivity contribution in [1.82, 2.24) is 0 Å². The molecule has 0 saturated carbocycles. The molecule has 3 heteroatoms. The van der Waals surface area contributed by atoms with Gasteiger partial charge in [0.25, 0.3) is 0 Å². The van der Waals surface area contributed by atoms with Crippen LogP contribution in [0.1, 0.15) is 17.5 Å². The van der Waals surface area contributed by atoms with E-state index in [4.69, 9.17) is 0 Å². The van der Waals surface area contributed by atoms with Gasteiger partial charge in [-0.3, -0.25) is 0 Å². The second-order valence-corrected chi connectivity index (χ2v) is 5.53. The lowest BCUT2D eigenvalue weighted by molar-refractivity contribution is 0.601. The van der Waals surface area contributed by atoms with E-state index in [-0.39, 0.29) is 0 Å². The first-order valence-electron chi connectivity index (χ1n) is 4.57. The van der Waals surface area contributed by atoms with Crippen molar-refractivity contribution in [3.8, 4) is 0 Å². The van der Waals surface area contributed by atoms with Gasteiger partial charge in [-0.2, -0.15) is 0 Å². The van der Waals surface area contributed by atoms with Crippen LogP contribution < -0.4 is 0 Å². The summed E-state index contributed by atoms with van der Waals surface area (Å²) in [6.07, 6.45) is 7.13. The highest BCUT2D eigenvalue weighted by atomic mass is 32.2. The minimum atomic E-state index is -3.10. The van der Waals surface area contributed by atoms with E-state index in [0.29, 0.717) is 4.90 Å². The Bertz CT molecular complexity index is 484. The van der Waals surface area contributed by atoms with E-state index in [0.717, 1.165) is 24.0 Å². The smallest absolute Gasteiger partial charge is 0.176 e. The van der Waals surface area contributed by atoms with E-state index in [2.05, 4.69) is 0 Å². The van der Waals surface area contributed by atoms with E-state index >= 15 is 0 Å². The van der Waals surface area contributed by atoms with Crippen molar-refractivity contribution in [1.29, 1.82) is 0 Å². The van der Waals surface area contributed by atoms with Crippen molar-refractivity contribution in [2.75, 3.05) is 6.26 Å². The first kappa shape index (κ1) is 9.46. The van der Waals surface area contributed by atoms with Crippen molar-refractivity contribution >= 4 is 15.9 Å². The number of aryl methyl sites for hydroxylation is 1. The van der Waals surface area contributed by atoms with E-state index in [9.17, 15) is 8.42 Å². The van der Waals surface area contributed by atoms with Gasteiger partial charge in [-0.05, 0) is 30.0 Å². The number of fused-ring (bicyclic) bond motifs is 1. The first-order chi connectivity index (χ1) is 6.59. The Morgan fingerprint density at radius 2 is 2.07 bits per heavy atom. The molecule has 2 nitrogen and oxygen atoms in total. The van der Waals surface area contributed by atoms with Crippen LogP contribution in [0.15, 0.2) is 29.2 Å². The van der Waals surface area contributed by atoms with Crippen LogP contribution >= 0.6 is 0 Å². The largest absolute Gasteiger partial charge is 0.224 e. The monoisotopic (exact) mass is 208 g/mol. The molecule has 14 heavy (non-hydrogen) atoms. The number of hydrogen-bond acceptors (Lipinski definition) is 2. The van der Waals surface area contributed by atoms with E-state index in [1.54, 1.807) is 6.07 Å². The zero-order chi connectivity index (χ0) is 10.2. The molecular weight excluding hydrogens is 196 g/mol. The molecule has 1 aliphatic rings. The van der Waals surface area contributed by atoms with Crippen LogP contribution in [-0.2, 0) is 16.3 Å². The molecule has 2 rings (SSSR count). The van der Waals surface area contributed by atoms with Crippen molar-refractivity contribution in [2.45, 2.75) is 17.7 Å². The van der Waals surface area contributed by atoms with Gasteiger partial charge < -0.3 is 0 Å². The number of allylic oxidation sites excluding steroid dienone is 1. The summed E-state index contributed by atoms with van der Waals surface area (Å²) in [6, 6.07) is 5.48. The normalized spacial score (nSPS) is 15.2. The third-order valence-corrected chi connectivity index (χ3v) is 3.58. The average Bonchev–Trinajstić information content (AvgIpc) is 2.15. The molecular formula is C11H12O2S. The number of benzene rings is 1. The summed E-state index contributed by atoms with van der Waals surface area (Å²) in [6.45, 7) is 0. The first-order valence-corrected chi connectivity index (χ1v) is 6.46. The van der Waals surface area contributed by atoms with E-state index in [1.807, 2.05) is 24.3 Å². The summed E-state index contributed by atoms with van der Waals surface area (Å²) >= 11 is 0. The van der Waals surface area contributed by atoms with Gasteiger partial charge in [-0.25, -0.2) is 8.42 Å². The highest BCUT2D eigenvalue weighted by Gasteiger charge is 2.15. The zero-order valence-electron chi connectivity index (χ0n) is 8.03.